The minimum atomic E-state index is -0.262. The number of allylic oxidation sites excluding steroid dienone is 1. The zero-order valence-electron chi connectivity index (χ0n) is 20.2. The molecule has 2 aromatic carbocycles. The number of ether oxygens (including phenoxy) is 2. The van der Waals surface area contributed by atoms with Crippen LogP contribution in [-0.4, -0.2) is 42.3 Å². The molecule has 3 aromatic rings. The second-order valence-corrected chi connectivity index (χ2v) is 8.87. The summed E-state index contributed by atoms with van der Waals surface area (Å²) in [5.41, 5.74) is 4.51. The summed E-state index contributed by atoms with van der Waals surface area (Å²) >= 11 is 0. The highest BCUT2D eigenvalue weighted by Gasteiger charge is 2.33. The number of aromatic nitrogens is 2. The Kier molecular flexibility index (Phi) is 6.07. The third kappa shape index (κ3) is 4.41. The molecule has 0 aliphatic carbocycles. The van der Waals surface area contributed by atoms with E-state index in [4.69, 9.17) is 9.47 Å². The standard InChI is InChI=1S/C26H29FN6O2/c1-16(2)20-9-18(27)5-7-21(20)33-25(13-35-24-11-28-14-29-26(24)33)31-19-6-8-22(23(10-19)34-4)32-12-17(3)30-15-32/h5-12,15-16,25,29,31H,13-14H2,1-4H3. The first kappa shape index (κ1) is 22.8. The van der Waals surface area contributed by atoms with Crippen LogP contribution in [0.2, 0.25) is 0 Å². The first-order valence-electron chi connectivity index (χ1n) is 11.6. The monoisotopic (exact) mass is 476 g/mol. The van der Waals surface area contributed by atoms with Crippen LogP contribution in [0.25, 0.3) is 5.69 Å². The SMILES string of the molecule is COc1cc(NC2COC3=C(NCN=C3)N2c2ccc(F)cc2C(C)C)ccc1-n1cnc(C)c1. The van der Waals surface area contributed by atoms with Gasteiger partial charge < -0.3 is 29.6 Å². The Hall–Kier alpha value is -4.01. The van der Waals surface area contributed by atoms with Gasteiger partial charge in [0, 0.05) is 23.6 Å². The van der Waals surface area contributed by atoms with Crippen LogP contribution in [0, 0.1) is 12.7 Å². The number of rotatable bonds is 6. The lowest BCUT2D eigenvalue weighted by Crippen LogP contribution is -2.52. The maximum absolute atomic E-state index is 14.2. The number of nitrogens with zero attached hydrogens (tertiary/aromatic N) is 4. The van der Waals surface area contributed by atoms with Crippen molar-refractivity contribution >= 4 is 17.6 Å². The Morgan fingerprint density at radius 1 is 1.20 bits per heavy atom. The van der Waals surface area contributed by atoms with Gasteiger partial charge in [0.1, 0.15) is 31.0 Å². The summed E-state index contributed by atoms with van der Waals surface area (Å²) in [6.45, 7) is 6.88. The molecule has 0 fully saturated rings. The van der Waals surface area contributed by atoms with Crippen LogP contribution in [0.3, 0.4) is 0 Å². The highest BCUT2D eigenvalue weighted by molar-refractivity contribution is 5.80. The van der Waals surface area contributed by atoms with Crippen LogP contribution < -0.4 is 20.3 Å². The van der Waals surface area contributed by atoms with Crippen molar-refractivity contribution in [1.29, 1.82) is 0 Å². The Balaban J connectivity index is 1.53. The normalized spacial score (nSPS) is 17.2. The number of nitrogens with one attached hydrogen (secondary N) is 2. The molecule has 1 aromatic heterocycles. The number of aryl methyl sites for hydroxylation is 1. The molecule has 2 N–H and O–H groups in total. The first-order valence-corrected chi connectivity index (χ1v) is 11.6. The van der Waals surface area contributed by atoms with Crippen molar-refractivity contribution in [2.45, 2.75) is 32.9 Å². The molecule has 5 rings (SSSR count). The van der Waals surface area contributed by atoms with Crippen LogP contribution in [0.15, 0.2) is 65.5 Å². The van der Waals surface area contributed by atoms with E-state index in [1.54, 1.807) is 25.7 Å². The number of benzene rings is 2. The van der Waals surface area contributed by atoms with Crippen LogP contribution in [0.4, 0.5) is 15.8 Å². The number of imidazole rings is 1. The molecule has 0 bridgehead atoms. The van der Waals surface area contributed by atoms with E-state index in [2.05, 4.69) is 39.4 Å². The summed E-state index contributed by atoms with van der Waals surface area (Å²) < 4.78 is 27.8. The van der Waals surface area contributed by atoms with Crippen molar-refractivity contribution in [3.8, 4) is 11.4 Å². The number of halogens is 1. The van der Waals surface area contributed by atoms with Gasteiger partial charge >= 0.3 is 0 Å². The Morgan fingerprint density at radius 2 is 2.03 bits per heavy atom. The summed E-state index contributed by atoms with van der Waals surface area (Å²) in [6.07, 6.45) is 5.19. The maximum atomic E-state index is 14.2. The molecule has 1 atom stereocenters. The van der Waals surface area contributed by atoms with Gasteiger partial charge in [0.05, 0.1) is 31.0 Å². The van der Waals surface area contributed by atoms with Crippen molar-refractivity contribution in [2.24, 2.45) is 4.99 Å². The highest BCUT2D eigenvalue weighted by atomic mass is 19.1. The molecule has 2 aliphatic heterocycles. The van der Waals surface area contributed by atoms with E-state index in [9.17, 15) is 4.39 Å². The molecule has 2 aliphatic rings. The van der Waals surface area contributed by atoms with Crippen LogP contribution >= 0.6 is 0 Å². The quantitative estimate of drug-likeness (QED) is 0.545. The third-order valence-electron chi connectivity index (χ3n) is 6.10. The minimum Gasteiger partial charge on any atom is -0.494 e. The minimum absolute atomic E-state index is 0.128. The van der Waals surface area contributed by atoms with Gasteiger partial charge in [-0.1, -0.05) is 13.8 Å². The lowest BCUT2D eigenvalue weighted by Gasteiger charge is -2.42. The van der Waals surface area contributed by atoms with Gasteiger partial charge in [-0.15, -0.1) is 0 Å². The van der Waals surface area contributed by atoms with E-state index in [1.165, 1.54) is 6.07 Å². The number of aliphatic imine (C=N–C) groups is 1. The second-order valence-electron chi connectivity index (χ2n) is 8.87. The van der Waals surface area contributed by atoms with Crippen molar-refractivity contribution in [3.05, 3.63) is 77.6 Å². The average molecular weight is 477 g/mol. The zero-order valence-corrected chi connectivity index (χ0v) is 20.2. The molecule has 0 saturated carbocycles. The van der Waals surface area contributed by atoms with E-state index < -0.39 is 0 Å². The summed E-state index contributed by atoms with van der Waals surface area (Å²) in [5.74, 6) is 2.05. The van der Waals surface area contributed by atoms with Gasteiger partial charge in [-0.25, -0.2) is 9.37 Å². The molecular formula is C26H29FN6O2. The fraction of sp³-hybridized carbons (Fsp3) is 0.308. The van der Waals surface area contributed by atoms with E-state index in [-0.39, 0.29) is 17.9 Å². The van der Waals surface area contributed by atoms with Gasteiger partial charge in [0.15, 0.2) is 11.6 Å². The van der Waals surface area contributed by atoms with E-state index in [0.29, 0.717) is 24.8 Å². The predicted octanol–water partition coefficient (Wildman–Crippen LogP) is 4.53. The van der Waals surface area contributed by atoms with Crippen LogP contribution in [-0.2, 0) is 4.74 Å². The molecule has 0 amide bonds. The smallest absolute Gasteiger partial charge is 0.177 e. The topological polar surface area (TPSA) is 75.9 Å². The van der Waals surface area contributed by atoms with Gasteiger partial charge in [-0.3, -0.25) is 4.99 Å². The van der Waals surface area contributed by atoms with Gasteiger partial charge in [0.2, 0.25) is 0 Å². The zero-order chi connectivity index (χ0) is 24.5. The summed E-state index contributed by atoms with van der Waals surface area (Å²) in [6, 6.07) is 10.9. The molecule has 35 heavy (non-hydrogen) atoms. The molecule has 1 unspecified atom stereocenters. The summed E-state index contributed by atoms with van der Waals surface area (Å²) in [4.78, 5) is 10.7. The van der Waals surface area contributed by atoms with Crippen molar-refractivity contribution < 1.29 is 13.9 Å². The number of methoxy groups -OCH3 is 1. The fourth-order valence-corrected chi connectivity index (χ4v) is 4.43. The Bertz CT molecular complexity index is 1300. The number of hydrogen-bond acceptors (Lipinski definition) is 7. The van der Waals surface area contributed by atoms with Gasteiger partial charge in [0.25, 0.3) is 0 Å². The molecule has 0 spiro atoms. The summed E-state index contributed by atoms with van der Waals surface area (Å²) in [5, 5.41) is 6.92. The predicted molar refractivity (Wildman–Crippen MR) is 135 cm³/mol. The van der Waals surface area contributed by atoms with Gasteiger partial charge in [-0.2, -0.15) is 0 Å². The molecular weight excluding hydrogens is 447 g/mol. The average Bonchev–Trinajstić information content (AvgIpc) is 3.30. The molecule has 0 saturated heterocycles. The highest BCUT2D eigenvalue weighted by Crippen LogP contribution is 2.36. The lowest BCUT2D eigenvalue weighted by atomic mass is 9.99. The number of hydrogen-bond donors (Lipinski definition) is 2. The first-order chi connectivity index (χ1) is 16.9. The van der Waals surface area contributed by atoms with Crippen molar-refractivity contribution in [1.82, 2.24) is 14.9 Å². The van der Waals surface area contributed by atoms with E-state index in [1.807, 2.05) is 42.0 Å². The summed E-state index contributed by atoms with van der Waals surface area (Å²) in [7, 11) is 1.65. The third-order valence-corrected chi connectivity index (χ3v) is 6.10. The van der Waals surface area contributed by atoms with Crippen molar-refractivity contribution in [2.75, 3.05) is 30.6 Å². The number of anilines is 2. The van der Waals surface area contributed by atoms with Crippen LogP contribution in [0.5, 0.6) is 5.75 Å². The fourth-order valence-electron chi connectivity index (χ4n) is 4.43. The molecule has 9 heteroatoms. The van der Waals surface area contributed by atoms with Crippen molar-refractivity contribution in [3.63, 3.8) is 0 Å². The Morgan fingerprint density at radius 3 is 2.77 bits per heavy atom. The van der Waals surface area contributed by atoms with Gasteiger partial charge in [-0.05, 0) is 48.7 Å². The van der Waals surface area contributed by atoms with E-state index in [0.717, 1.165) is 34.1 Å². The largest absolute Gasteiger partial charge is 0.494 e. The maximum Gasteiger partial charge on any atom is 0.177 e. The molecule has 8 nitrogen and oxygen atoms in total. The Labute approximate surface area is 204 Å². The second kappa shape index (κ2) is 9.32. The molecule has 0 radical (unpaired) electrons. The molecule has 182 valence electrons. The molecule has 3 heterocycles. The lowest BCUT2D eigenvalue weighted by molar-refractivity contribution is 0.191. The van der Waals surface area contributed by atoms with Crippen LogP contribution in [0.1, 0.15) is 31.0 Å². The van der Waals surface area contributed by atoms with E-state index >= 15 is 0 Å².